The normalized spacial score (nSPS) is 28.3. The predicted molar refractivity (Wildman–Crippen MR) is 113 cm³/mol. The molecule has 0 spiro atoms. The number of hydrogen-bond acceptors (Lipinski definition) is 7. The number of ether oxygens (including phenoxy) is 2. The number of nitrogens with one attached hydrogen (secondary N) is 2. The lowest BCUT2D eigenvalue weighted by molar-refractivity contribution is 0.0675. The smallest absolute Gasteiger partial charge is 0.223 e. The minimum atomic E-state index is 0.0401. The molecule has 3 aliphatic rings. The van der Waals surface area contributed by atoms with Crippen LogP contribution in [0.4, 0.5) is 11.6 Å². The molecule has 2 aromatic rings. The van der Waals surface area contributed by atoms with Gasteiger partial charge in [-0.3, -0.25) is 0 Å². The average molecular weight is 396 g/mol. The van der Waals surface area contributed by atoms with E-state index in [0.717, 1.165) is 23.7 Å². The van der Waals surface area contributed by atoms with Gasteiger partial charge in [-0.1, -0.05) is 12.1 Å². The predicted octanol–water partition coefficient (Wildman–Crippen LogP) is 2.16. The fraction of sp³-hybridized carbons (Fsp3) is 0.545. The highest BCUT2D eigenvalue weighted by atomic mass is 16.6. The number of benzene rings is 1. The molecule has 1 aliphatic carbocycles. The SMILES string of the molecule is CN(C)c1ccc(-c2ccnc(NC3COC4C(NCC5CC5)COC34)n2)cc1. The van der Waals surface area contributed by atoms with Gasteiger partial charge in [-0.25, -0.2) is 9.97 Å². The van der Waals surface area contributed by atoms with E-state index in [1.165, 1.54) is 18.5 Å². The standard InChI is InChI=1S/C22H29N5O2/c1-27(2)16-7-5-15(6-8-16)17-9-10-23-22(25-17)26-19-13-29-20-18(12-28-21(19)20)24-11-14-3-4-14/h5-10,14,18-21,24H,3-4,11-13H2,1-2H3,(H,23,25,26). The minimum absolute atomic E-state index is 0.0401. The first kappa shape index (κ1) is 18.8. The third kappa shape index (κ3) is 4.08. The summed E-state index contributed by atoms with van der Waals surface area (Å²) in [6, 6.07) is 10.7. The largest absolute Gasteiger partial charge is 0.378 e. The molecule has 2 N–H and O–H groups in total. The third-order valence-electron chi connectivity index (χ3n) is 6.07. The maximum atomic E-state index is 6.07. The quantitative estimate of drug-likeness (QED) is 0.744. The van der Waals surface area contributed by atoms with Crippen molar-refractivity contribution >= 4 is 11.6 Å². The van der Waals surface area contributed by atoms with Gasteiger partial charge in [-0.15, -0.1) is 0 Å². The van der Waals surface area contributed by atoms with Crippen LogP contribution in [0.25, 0.3) is 11.3 Å². The van der Waals surface area contributed by atoms with Gasteiger partial charge < -0.3 is 25.0 Å². The van der Waals surface area contributed by atoms with Gasteiger partial charge in [0.25, 0.3) is 0 Å². The molecule has 1 aromatic carbocycles. The highest BCUT2D eigenvalue weighted by molar-refractivity contribution is 5.63. The van der Waals surface area contributed by atoms with Crippen LogP contribution in [0.15, 0.2) is 36.5 Å². The Kier molecular flexibility index (Phi) is 5.11. The Hall–Kier alpha value is -2.22. The van der Waals surface area contributed by atoms with E-state index in [0.29, 0.717) is 19.2 Å². The molecule has 0 amide bonds. The molecule has 2 saturated heterocycles. The summed E-state index contributed by atoms with van der Waals surface area (Å²) >= 11 is 0. The number of fused-ring (bicyclic) bond motifs is 1. The topological polar surface area (TPSA) is 71.5 Å². The Morgan fingerprint density at radius 2 is 1.72 bits per heavy atom. The summed E-state index contributed by atoms with van der Waals surface area (Å²) in [5, 5.41) is 7.07. The van der Waals surface area contributed by atoms with Gasteiger partial charge in [0.15, 0.2) is 0 Å². The fourth-order valence-electron chi connectivity index (χ4n) is 4.12. The first-order chi connectivity index (χ1) is 14.2. The summed E-state index contributed by atoms with van der Waals surface area (Å²) in [7, 11) is 4.07. The Bertz CT molecular complexity index is 839. The van der Waals surface area contributed by atoms with Crippen molar-refractivity contribution in [2.75, 3.05) is 44.1 Å². The summed E-state index contributed by atoms with van der Waals surface area (Å²) in [6.45, 7) is 2.40. The van der Waals surface area contributed by atoms with Crippen molar-refractivity contribution in [2.45, 2.75) is 37.1 Å². The molecular weight excluding hydrogens is 366 g/mol. The fourth-order valence-corrected chi connectivity index (χ4v) is 4.12. The molecule has 29 heavy (non-hydrogen) atoms. The molecule has 7 nitrogen and oxygen atoms in total. The summed E-state index contributed by atoms with van der Waals surface area (Å²) in [5.74, 6) is 1.47. The second kappa shape index (κ2) is 7.89. The monoisotopic (exact) mass is 395 g/mol. The molecule has 154 valence electrons. The van der Waals surface area contributed by atoms with Crippen LogP contribution in [-0.2, 0) is 9.47 Å². The summed E-state index contributed by atoms with van der Waals surface area (Å²) in [5.41, 5.74) is 3.14. The second-order valence-electron chi connectivity index (χ2n) is 8.51. The van der Waals surface area contributed by atoms with Crippen molar-refractivity contribution in [2.24, 2.45) is 5.92 Å². The molecule has 3 heterocycles. The lowest BCUT2D eigenvalue weighted by atomic mass is 10.1. The lowest BCUT2D eigenvalue weighted by Gasteiger charge is -2.18. The van der Waals surface area contributed by atoms with Crippen molar-refractivity contribution in [3.05, 3.63) is 36.5 Å². The van der Waals surface area contributed by atoms with Gasteiger partial charge in [-0.05, 0) is 43.5 Å². The van der Waals surface area contributed by atoms with Crippen molar-refractivity contribution in [3.63, 3.8) is 0 Å². The van der Waals surface area contributed by atoms with Crippen LogP contribution in [0.1, 0.15) is 12.8 Å². The van der Waals surface area contributed by atoms with E-state index in [-0.39, 0.29) is 24.3 Å². The van der Waals surface area contributed by atoms with Gasteiger partial charge >= 0.3 is 0 Å². The second-order valence-corrected chi connectivity index (χ2v) is 8.51. The molecular formula is C22H29N5O2. The number of aromatic nitrogens is 2. The highest BCUT2D eigenvalue weighted by Crippen LogP contribution is 2.31. The first-order valence-corrected chi connectivity index (χ1v) is 10.5. The maximum absolute atomic E-state index is 6.07. The average Bonchev–Trinajstić information content (AvgIpc) is 3.36. The Morgan fingerprint density at radius 1 is 1.00 bits per heavy atom. The van der Waals surface area contributed by atoms with E-state index in [1.807, 2.05) is 20.2 Å². The van der Waals surface area contributed by atoms with Crippen molar-refractivity contribution in [1.29, 1.82) is 0 Å². The summed E-state index contributed by atoms with van der Waals surface area (Å²) in [4.78, 5) is 11.2. The first-order valence-electron chi connectivity index (χ1n) is 10.5. The van der Waals surface area contributed by atoms with Crippen LogP contribution in [0.5, 0.6) is 0 Å². The van der Waals surface area contributed by atoms with E-state index in [2.05, 4.69) is 44.8 Å². The van der Waals surface area contributed by atoms with Gasteiger partial charge in [-0.2, -0.15) is 0 Å². The van der Waals surface area contributed by atoms with E-state index in [4.69, 9.17) is 14.5 Å². The van der Waals surface area contributed by atoms with Gasteiger partial charge in [0, 0.05) is 31.5 Å². The number of rotatable bonds is 7. The van der Waals surface area contributed by atoms with E-state index < -0.39 is 0 Å². The Labute approximate surface area is 171 Å². The van der Waals surface area contributed by atoms with Crippen LogP contribution in [-0.4, -0.2) is 68.1 Å². The minimum Gasteiger partial charge on any atom is -0.378 e. The van der Waals surface area contributed by atoms with Crippen molar-refractivity contribution in [1.82, 2.24) is 15.3 Å². The molecule has 1 aromatic heterocycles. The summed E-state index contributed by atoms with van der Waals surface area (Å²) in [6.07, 6.45) is 4.65. The molecule has 0 radical (unpaired) electrons. The Balaban J connectivity index is 1.24. The zero-order chi connectivity index (χ0) is 19.8. The molecule has 7 heteroatoms. The molecule has 5 rings (SSSR count). The number of hydrogen-bond donors (Lipinski definition) is 2. The van der Waals surface area contributed by atoms with Gasteiger partial charge in [0.05, 0.1) is 31.0 Å². The van der Waals surface area contributed by atoms with Crippen LogP contribution in [0.2, 0.25) is 0 Å². The van der Waals surface area contributed by atoms with Crippen molar-refractivity contribution in [3.8, 4) is 11.3 Å². The molecule has 0 bridgehead atoms. The highest BCUT2D eigenvalue weighted by Gasteiger charge is 2.48. The maximum Gasteiger partial charge on any atom is 0.223 e. The van der Waals surface area contributed by atoms with Crippen LogP contribution >= 0.6 is 0 Å². The molecule has 2 aliphatic heterocycles. The van der Waals surface area contributed by atoms with Crippen molar-refractivity contribution < 1.29 is 9.47 Å². The molecule has 3 fully saturated rings. The van der Waals surface area contributed by atoms with Gasteiger partial charge in [0.2, 0.25) is 5.95 Å². The van der Waals surface area contributed by atoms with E-state index in [9.17, 15) is 0 Å². The van der Waals surface area contributed by atoms with Crippen LogP contribution in [0, 0.1) is 5.92 Å². The van der Waals surface area contributed by atoms with Crippen LogP contribution in [0.3, 0.4) is 0 Å². The van der Waals surface area contributed by atoms with Gasteiger partial charge in [0.1, 0.15) is 12.2 Å². The summed E-state index contributed by atoms with van der Waals surface area (Å²) < 4.78 is 12.1. The molecule has 4 unspecified atom stereocenters. The number of anilines is 2. The number of nitrogens with zero attached hydrogens (tertiary/aromatic N) is 3. The zero-order valence-corrected chi connectivity index (χ0v) is 17.0. The third-order valence-corrected chi connectivity index (χ3v) is 6.07. The molecule has 4 atom stereocenters. The van der Waals surface area contributed by atoms with Crippen LogP contribution < -0.4 is 15.5 Å². The van der Waals surface area contributed by atoms with E-state index in [1.54, 1.807) is 6.20 Å². The van der Waals surface area contributed by atoms with E-state index >= 15 is 0 Å². The zero-order valence-electron chi connectivity index (χ0n) is 17.0. The Morgan fingerprint density at radius 3 is 2.45 bits per heavy atom. The lowest BCUT2D eigenvalue weighted by Crippen LogP contribution is -2.42. The molecule has 1 saturated carbocycles.